The number of primary amides is 1. The van der Waals surface area contributed by atoms with Gasteiger partial charge in [0.2, 0.25) is 0 Å². The fraction of sp³-hybridized carbons (Fsp3) is 0.273. The van der Waals surface area contributed by atoms with Crippen LogP contribution in [0.15, 0.2) is 42.0 Å². The lowest BCUT2D eigenvalue weighted by Crippen LogP contribution is -2.13. The van der Waals surface area contributed by atoms with Crippen molar-refractivity contribution in [3.05, 3.63) is 63.7 Å². The van der Waals surface area contributed by atoms with Gasteiger partial charge < -0.3 is 15.2 Å². The topological polar surface area (TPSA) is 85.3 Å². The average molecular weight is 399 g/mol. The summed E-state index contributed by atoms with van der Waals surface area (Å²) in [5, 5.41) is 9.49. The van der Waals surface area contributed by atoms with Gasteiger partial charge in [0.05, 0.1) is 0 Å². The number of hydrogen-bond donors (Lipinski definition) is 1. The SMILES string of the molecule is Cc1ccc(C(C)C)c(OCCOc2ccc(Cl)cc2C=C(C#N)C(N)=O)c1. The molecule has 1 amide bonds. The van der Waals surface area contributed by atoms with E-state index in [1.807, 2.05) is 13.0 Å². The van der Waals surface area contributed by atoms with E-state index < -0.39 is 5.91 Å². The molecule has 2 rings (SSSR count). The van der Waals surface area contributed by atoms with Crippen LogP contribution in [0.25, 0.3) is 6.08 Å². The smallest absolute Gasteiger partial charge is 0.259 e. The largest absolute Gasteiger partial charge is 0.490 e. The number of nitrogens with zero attached hydrogens (tertiary/aromatic N) is 1. The molecule has 28 heavy (non-hydrogen) atoms. The first-order chi connectivity index (χ1) is 13.3. The van der Waals surface area contributed by atoms with Gasteiger partial charge >= 0.3 is 0 Å². The minimum absolute atomic E-state index is 0.176. The second kappa shape index (κ2) is 9.82. The molecule has 146 valence electrons. The summed E-state index contributed by atoms with van der Waals surface area (Å²) in [5.74, 6) is 0.866. The van der Waals surface area contributed by atoms with Gasteiger partial charge in [0.1, 0.15) is 36.4 Å². The maximum Gasteiger partial charge on any atom is 0.259 e. The van der Waals surface area contributed by atoms with Gasteiger partial charge in [-0.1, -0.05) is 37.6 Å². The Morgan fingerprint density at radius 2 is 1.86 bits per heavy atom. The Morgan fingerprint density at radius 1 is 1.18 bits per heavy atom. The van der Waals surface area contributed by atoms with E-state index in [0.29, 0.717) is 28.9 Å². The van der Waals surface area contributed by atoms with E-state index in [-0.39, 0.29) is 12.2 Å². The standard InChI is InChI=1S/C22H23ClN2O3/c1-14(2)19-6-4-15(3)10-21(19)28-9-8-27-20-7-5-18(23)12-16(20)11-17(13-24)22(25)26/h4-7,10-12,14H,8-9H2,1-3H3,(H2,25,26). The summed E-state index contributed by atoms with van der Waals surface area (Å²) in [5.41, 5.74) is 7.79. The van der Waals surface area contributed by atoms with Crippen LogP contribution in [-0.2, 0) is 4.79 Å². The van der Waals surface area contributed by atoms with Crippen molar-refractivity contribution in [2.24, 2.45) is 5.73 Å². The molecule has 0 aliphatic heterocycles. The van der Waals surface area contributed by atoms with Crippen molar-refractivity contribution < 1.29 is 14.3 Å². The molecule has 0 bridgehead atoms. The van der Waals surface area contributed by atoms with Crippen LogP contribution in [0, 0.1) is 18.3 Å². The van der Waals surface area contributed by atoms with Crippen molar-refractivity contribution in [3.8, 4) is 17.6 Å². The molecular weight excluding hydrogens is 376 g/mol. The van der Waals surface area contributed by atoms with Crippen LogP contribution >= 0.6 is 11.6 Å². The Bertz CT molecular complexity index is 930. The number of ether oxygens (including phenoxy) is 2. The third-order valence-electron chi connectivity index (χ3n) is 4.05. The molecule has 0 spiro atoms. The fourth-order valence-electron chi connectivity index (χ4n) is 2.62. The van der Waals surface area contributed by atoms with Crippen molar-refractivity contribution in [3.63, 3.8) is 0 Å². The molecule has 2 aromatic carbocycles. The maximum atomic E-state index is 11.3. The van der Waals surface area contributed by atoms with Crippen LogP contribution in [0.3, 0.4) is 0 Å². The summed E-state index contributed by atoms with van der Waals surface area (Å²) in [6.45, 7) is 6.88. The molecule has 0 saturated carbocycles. The highest BCUT2D eigenvalue weighted by molar-refractivity contribution is 6.30. The first kappa shape index (κ1) is 21.3. The van der Waals surface area contributed by atoms with Gasteiger partial charge in [-0.15, -0.1) is 0 Å². The van der Waals surface area contributed by atoms with Crippen LogP contribution in [-0.4, -0.2) is 19.1 Å². The normalized spacial score (nSPS) is 11.2. The molecule has 6 heteroatoms. The summed E-state index contributed by atoms with van der Waals surface area (Å²) in [7, 11) is 0. The maximum absolute atomic E-state index is 11.3. The van der Waals surface area contributed by atoms with Gasteiger partial charge in [0.25, 0.3) is 5.91 Å². The first-order valence-electron chi connectivity index (χ1n) is 8.89. The highest BCUT2D eigenvalue weighted by Crippen LogP contribution is 2.28. The van der Waals surface area contributed by atoms with Gasteiger partial charge in [-0.3, -0.25) is 4.79 Å². The van der Waals surface area contributed by atoms with Gasteiger partial charge in [-0.05, 0) is 54.3 Å². The quantitative estimate of drug-likeness (QED) is 0.399. The molecule has 0 atom stereocenters. The zero-order valence-corrected chi connectivity index (χ0v) is 16.9. The van der Waals surface area contributed by atoms with Crippen molar-refractivity contribution in [1.82, 2.24) is 0 Å². The van der Waals surface area contributed by atoms with Crippen molar-refractivity contribution in [1.29, 1.82) is 5.26 Å². The number of benzene rings is 2. The number of nitrogens with two attached hydrogens (primary N) is 1. The Hall–Kier alpha value is -2.97. The van der Waals surface area contributed by atoms with E-state index >= 15 is 0 Å². The predicted molar refractivity (Wildman–Crippen MR) is 110 cm³/mol. The summed E-state index contributed by atoms with van der Waals surface area (Å²) >= 11 is 6.02. The lowest BCUT2D eigenvalue weighted by Gasteiger charge is -2.16. The lowest BCUT2D eigenvalue weighted by molar-refractivity contribution is -0.114. The summed E-state index contributed by atoms with van der Waals surface area (Å²) in [4.78, 5) is 11.3. The van der Waals surface area contributed by atoms with E-state index in [9.17, 15) is 4.79 Å². The van der Waals surface area contributed by atoms with Gasteiger partial charge in [-0.2, -0.15) is 5.26 Å². The van der Waals surface area contributed by atoms with Gasteiger partial charge in [0, 0.05) is 10.6 Å². The Labute approximate surface area is 170 Å². The molecule has 0 saturated heterocycles. The monoisotopic (exact) mass is 398 g/mol. The average Bonchev–Trinajstić information content (AvgIpc) is 2.64. The van der Waals surface area contributed by atoms with E-state index in [0.717, 1.165) is 16.9 Å². The molecule has 2 aromatic rings. The molecule has 2 N–H and O–H groups in total. The molecule has 0 aromatic heterocycles. The van der Waals surface area contributed by atoms with Crippen LogP contribution in [0.1, 0.15) is 36.5 Å². The minimum atomic E-state index is -0.808. The fourth-order valence-corrected chi connectivity index (χ4v) is 2.80. The second-order valence-corrected chi connectivity index (χ2v) is 7.05. The number of carbonyl (C=O) groups excluding carboxylic acids is 1. The minimum Gasteiger partial charge on any atom is -0.490 e. The molecule has 5 nitrogen and oxygen atoms in total. The van der Waals surface area contributed by atoms with E-state index in [2.05, 4.69) is 26.0 Å². The number of rotatable bonds is 8. The molecular formula is C22H23ClN2O3. The number of amides is 1. The van der Waals surface area contributed by atoms with E-state index in [1.54, 1.807) is 24.3 Å². The predicted octanol–water partition coefficient (Wildman–Crippen LogP) is 4.62. The van der Waals surface area contributed by atoms with Crippen molar-refractivity contribution in [2.75, 3.05) is 13.2 Å². The van der Waals surface area contributed by atoms with Crippen LogP contribution in [0.2, 0.25) is 5.02 Å². The molecule has 0 fully saturated rings. The van der Waals surface area contributed by atoms with Crippen LogP contribution in [0.5, 0.6) is 11.5 Å². The Balaban J connectivity index is 2.09. The number of nitriles is 1. The number of halogens is 1. The highest BCUT2D eigenvalue weighted by atomic mass is 35.5. The van der Waals surface area contributed by atoms with E-state index in [1.165, 1.54) is 6.08 Å². The molecule has 0 heterocycles. The van der Waals surface area contributed by atoms with Crippen molar-refractivity contribution in [2.45, 2.75) is 26.7 Å². The lowest BCUT2D eigenvalue weighted by atomic mass is 10.0. The highest BCUT2D eigenvalue weighted by Gasteiger charge is 2.10. The first-order valence-corrected chi connectivity index (χ1v) is 9.27. The third kappa shape index (κ3) is 5.77. The van der Waals surface area contributed by atoms with E-state index in [4.69, 9.17) is 32.1 Å². The molecule has 0 radical (unpaired) electrons. The summed E-state index contributed by atoms with van der Waals surface area (Å²) in [6, 6.07) is 12.9. The van der Waals surface area contributed by atoms with Gasteiger partial charge in [0.15, 0.2) is 0 Å². The Kier molecular flexibility index (Phi) is 7.48. The zero-order chi connectivity index (χ0) is 20.7. The molecule has 0 aliphatic rings. The summed E-state index contributed by atoms with van der Waals surface area (Å²) < 4.78 is 11.7. The summed E-state index contributed by atoms with van der Waals surface area (Å²) in [6.07, 6.45) is 1.36. The zero-order valence-electron chi connectivity index (χ0n) is 16.2. The van der Waals surface area contributed by atoms with Crippen LogP contribution < -0.4 is 15.2 Å². The van der Waals surface area contributed by atoms with Crippen LogP contribution in [0.4, 0.5) is 0 Å². The number of carbonyl (C=O) groups is 1. The third-order valence-corrected chi connectivity index (χ3v) is 4.28. The molecule has 0 unspecified atom stereocenters. The van der Waals surface area contributed by atoms with Gasteiger partial charge in [-0.25, -0.2) is 0 Å². The molecule has 0 aliphatic carbocycles. The number of hydrogen-bond acceptors (Lipinski definition) is 4. The number of aryl methyl sites for hydroxylation is 1. The van der Waals surface area contributed by atoms with Crippen molar-refractivity contribution >= 4 is 23.6 Å². The Morgan fingerprint density at radius 3 is 2.46 bits per heavy atom. The second-order valence-electron chi connectivity index (χ2n) is 6.61.